The molecule has 0 aliphatic rings. The van der Waals surface area contributed by atoms with Gasteiger partial charge in [-0.05, 0) is 50.2 Å². The number of amides is 1. The summed E-state index contributed by atoms with van der Waals surface area (Å²) >= 11 is 12.0. The highest BCUT2D eigenvalue weighted by Crippen LogP contribution is 2.30. The molecule has 22 heavy (non-hydrogen) atoms. The molecule has 2 aromatic rings. The largest absolute Gasteiger partial charge is 0.399 e. The van der Waals surface area contributed by atoms with E-state index in [0.29, 0.717) is 32.7 Å². The normalized spacial score (nSPS) is 10.6. The van der Waals surface area contributed by atoms with E-state index >= 15 is 0 Å². The van der Waals surface area contributed by atoms with Crippen LogP contribution in [0.25, 0.3) is 0 Å². The number of nitrogens with one attached hydrogen (secondary N) is 2. The van der Waals surface area contributed by atoms with E-state index in [2.05, 4.69) is 10.6 Å². The molecule has 0 bridgehead atoms. The van der Waals surface area contributed by atoms with Crippen molar-refractivity contribution in [2.45, 2.75) is 19.9 Å². The molecule has 1 amide bonds. The molecular weight excluding hydrogens is 321 g/mol. The number of nitrogens with two attached hydrogens (primary N) is 1. The molecule has 0 saturated heterocycles. The molecule has 0 saturated carbocycles. The first-order valence-electron chi connectivity index (χ1n) is 6.79. The SMILES string of the molecule is CC(C)NC(=O)c1cc(N)ccc1Nc1ccc(Cl)cc1Cl. The molecule has 0 aliphatic carbocycles. The lowest BCUT2D eigenvalue weighted by molar-refractivity contribution is 0.0944. The van der Waals surface area contributed by atoms with Crippen molar-refractivity contribution in [2.24, 2.45) is 0 Å². The van der Waals surface area contributed by atoms with Crippen LogP contribution in [-0.4, -0.2) is 11.9 Å². The van der Waals surface area contributed by atoms with Gasteiger partial charge in [0.1, 0.15) is 0 Å². The van der Waals surface area contributed by atoms with Gasteiger partial charge in [-0.25, -0.2) is 0 Å². The Balaban J connectivity index is 2.36. The molecule has 2 rings (SSSR count). The van der Waals surface area contributed by atoms with E-state index in [1.807, 2.05) is 13.8 Å². The maximum atomic E-state index is 12.3. The molecule has 2 aromatic carbocycles. The minimum atomic E-state index is -0.199. The van der Waals surface area contributed by atoms with Gasteiger partial charge in [-0.1, -0.05) is 23.2 Å². The van der Waals surface area contributed by atoms with Crippen LogP contribution in [0.4, 0.5) is 17.1 Å². The van der Waals surface area contributed by atoms with Crippen molar-refractivity contribution in [3.05, 3.63) is 52.0 Å². The molecular formula is C16H17Cl2N3O. The van der Waals surface area contributed by atoms with Crippen LogP contribution in [0.15, 0.2) is 36.4 Å². The minimum Gasteiger partial charge on any atom is -0.399 e. The summed E-state index contributed by atoms with van der Waals surface area (Å²) in [7, 11) is 0. The third-order valence-corrected chi connectivity index (χ3v) is 3.46. The molecule has 116 valence electrons. The lowest BCUT2D eigenvalue weighted by atomic mass is 10.1. The Kier molecular flexibility index (Phi) is 5.16. The van der Waals surface area contributed by atoms with Crippen LogP contribution < -0.4 is 16.4 Å². The number of hydrogen-bond donors (Lipinski definition) is 3. The predicted octanol–water partition coefficient (Wildman–Crippen LogP) is 4.46. The van der Waals surface area contributed by atoms with Crippen LogP contribution in [0.1, 0.15) is 24.2 Å². The van der Waals surface area contributed by atoms with Crippen LogP contribution >= 0.6 is 23.2 Å². The number of nitrogen functional groups attached to an aromatic ring is 1. The van der Waals surface area contributed by atoms with Gasteiger partial charge in [-0.2, -0.15) is 0 Å². The van der Waals surface area contributed by atoms with Gasteiger partial charge in [0.05, 0.1) is 22.0 Å². The molecule has 0 aromatic heterocycles. The number of benzene rings is 2. The van der Waals surface area contributed by atoms with E-state index in [1.54, 1.807) is 36.4 Å². The van der Waals surface area contributed by atoms with Crippen molar-refractivity contribution in [3.63, 3.8) is 0 Å². The highest BCUT2D eigenvalue weighted by Gasteiger charge is 2.14. The second-order valence-electron chi connectivity index (χ2n) is 5.18. The Morgan fingerprint density at radius 2 is 1.77 bits per heavy atom. The lowest BCUT2D eigenvalue weighted by Crippen LogP contribution is -2.30. The fourth-order valence-corrected chi connectivity index (χ4v) is 2.39. The first-order chi connectivity index (χ1) is 10.4. The van der Waals surface area contributed by atoms with E-state index in [4.69, 9.17) is 28.9 Å². The maximum Gasteiger partial charge on any atom is 0.253 e. The Bertz CT molecular complexity index is 702. The molecule has 0 atom stereocenters. The first kappa shape index (κ1) is 16.5. The highest BCUT2D eigenvalue weighted by molar-refractivity contribution is 6.36. The van der Waals surface area contributed by atoms with Gasteiger partial charge >= 0.3 is 0 Å². The summed E-state index contributed by atoms with van der Waals surface area (Å²) in [6, 6.07) is 10.2. The second-order valence-corrected chi connectivity index (χ2v) is 6.03. The average Bonchev–Trinajstić information content (AvgIpc) is 2.42. The molecule has 4 N–H and O–H groups in total. The summed E-state index contributed by atoms with van der Waals surface area (Å²) in [5, 5.41) is 7.01. The lowest BCUT2D eigenvalue weighted by Gasteiger charge is -2.15. The van der Waals surface area contributed by atoms with Crippen molar-refractivity contribution in [3.8, 4) is 0 Å². The van der Waals surface area contributed by atoms with Crippen molar-refractivity contribution in [1.29, 1.82) is 0 Å². The second kappa shape index (κ2) is 6.90. The molecule has 0 aliphatic heterocycles. The van der Waals surface area contributed by atoms with Crippen LogP contribution in [0, 0.1) is 0 Å². The van der Waals surface area contributed by atoms with Crippen LogP contribution in [0.5, 0.6) is 0 Å². The Morgan fingerprint density at radius 3 is 2.41 bits per heavy atom. The number of carbonyl (C=O) groups excluding carboxylic acids is 1. The molecule has 0 spiro atoms. The number of anilines is 3. The van der Waals surface area contributed by atoms with Gasteiger partial charge in [0.15, 0.2) is 0 Å². The quantitative estimate of drug-likeness (QED) is 0.721. The molecule has 0 heterocycles. The standard InChI is InChI=1S/C16H17Cl2N3O/c1-9(2)20-16(22)12-8-11(19)4-6-14(12)21-15-5-3-10(17)7-13(15)18/h3-9,21H,19H2,1-2H3,(H,20,22). The summed E-state index contributed by atoms with van der Waals surface area (Å²) in [6.45, 7) is 3.79. The van der Waals surface area contributed by atoms with Crippen LogP contribution in [0.2, 0.25) is 10.0 Å². The van der Waals surface area contributed by atoms with Crippen molar-refractivity contribution in [1.82, 2.24) is 5.32 Å². The zero-order valence-corrected chi connectivity index (χ0v) is 13.8. The van der Waals surface area contributed by atoms with Gasteiger partial charge in [0, 0.05) is 16.8 Å². The monoisotopic (exact) mass is 337 g/mol. The van der Waals surface area contributed by atoms with E-state index in [1.165, 1.54) is 0 Å². The summed E-state index contributed by atoms with van der Waals surface area (Å²) in [5.41, 5.74) is 8.04. The van der Waals surface area contributed by atoms with Gasteiger partial charge < -0.3 is 16.4 Å². The van der Waals surface area contributed by atoms with Gasteiger partial charge in [0.2, 0.25) is 0 Å². The fourth-order valence-electron chi connectivity index (χ4n) is 1.93. The molecule has 0 radical (unpaired) electrons. The number of hydrogen-bond acceptors (Lipinski definition) is 3. The highest BCUT2D eigenvalue weighted by atomic mass is 35.5. The van der Waals surface area contributed by atoms with E-state index in [0.717, 1.165) is 0 Å². The third kappa shape index (κ3) is 4.06. The Hall–Kier alpha value is -1.91. The smallest absolute Gasteiger partial charge is 0.253 e. The van der Waals surface area contributed by atoms with Crippen molar-refractivity contribution >= 4 is 46.2 Å². The summed E-state index contributed by atoms with van der Waals surface area (Å²) in [4.78, 5) is 12.3. The Labute approximate surface area is 139 Å². The molecule has 4 nitrogen and oxygen atoms in total. The fraction of sp³-hybridized carbons (Fsp3) is 0.188. The van der Waals surface area contributed by atoms with Crippen molar-refractivity contribution in [2.75, 3.05) is 11.1 Å². The third-order valence-electron chi connectivity index (χ3n) is 2.91. The van der Waals surface area contributed by atoms with Crippen LogP contribution in [-0.2, 0) is 0 Å². The van der Waals surface area contributed by atoms with E-state index in [-0.39, 0.29) is 11.9 Å². The summed E-state index contributed by atoms with van der Waals surface area (Å²) in [6.07, 6.45) is 0. The van der Waals surface area contributed by atoms with Crippen LogP contribution in [0.3, 0.4) is 0 Å². The van der Waals surface area contributed by atoms with Gasteiger partial charge in [0.25, 0.3) is 5.91 Å². The van der Waals surface area contributed by atoms with Gasteiger partial charge in [-0.3, -0.25) is 4.79 Å². The predicted molar refractivity (Wildman–Crippen MR) is 93.2 cm³/mol. The number of halogens is 2. The molecule has 0 fully saturated rings. The number of carbonyl (C=O) groups is 1. The zero-order chi connectivity index (χ0) is 16.3. The molecule has 6 heteroatoms. The minimum absolute atomic E-state index is 0.0286. The van der Waals surface area contributed by atoms with Crippen molar-refractivity contribution < 1.29 is 4.79 Å². The summed E-state index contributed by atoms with van der Waals surface area (Å²) in [5.74, 6) is -0.199. The molecule has 0 unspecified atom stereocenters. The van der Waals surface area contributed by atoms with E-state index in [9.17, 15) is 4.79 Å². The first-order valence-corrected chi connectivity index (χ1v) is 7.55. The number of rotatable bonds is 4. The summed E-state index contributed by atoms with van der Waals surface area (Å²) < 4.78 is 0. The average molecular weight is 338 g/mol. The van der Waals surface area contributed by atoms with Gasteiger partial charge in [-0.15, -0.1) is 0 Å². The van der Waals surface area contributed by atoms with E-state index < -0.39 is 0 Å². The maximum absolute atomic E-state index is 12.3. The Morgan fingerprint density at radius 1 is 1.09 bits per heavy atom. The topological polar surface area (TPSA) is 67.2 Å². The zero-order valence-electron chi connectivity index (χ0n) is 12.3.